The van der Waals surface area contributed by atoms with Crippen LogP contribution in [0.4, 0.5) is 5.69 Å². The van der Waals surface area contributed by atoms with E-state index in [-0.39, 0.29) is 0 Å². The SMILES string of the molecule is Cc1cccc(N2CCN(C(=O)C(=O)NCC(C)C)CC2)c1C. The molecule has 0 aliphatic carbocycles. The predicted molar refractivity (Wildman–Crippen MR) is 92.6 cm³/mol. The lowest BCUT2D eigenvalue weighted by atomic mass is 10.1. The van der Waals surface area contributed by atoms with Crippen LogP contribution in [-0.4, -0.2) is 49.4 Å². The molecule has 0 atom stereocenters. The summed E-state index contributed by atoms with van der Waals surface area (Å²) in [6, 6.07) is 6.29. The zero-order chi connectivity index (χ0) is 17.0. The van der Waals surface area contributed by atoms with Gasteiger partial charge in [-0.05, 0) is 37.0 Å². The summed E-state index contributed by atoms with van der Waals surface area (Å²) in [7, 11) is 0. The normalized spacial score (nSPS) is 15.0. The van der Waals surface area contributed by atoms with Crippen molar-refractivity contribution in [2.75, 3.05) is 37.6 Å². The highest BCUT2D eigenvalue weighted by Crippen LogP contribution is 2.23. The fraction of sp³-hybridized carbons (Fsp3) is 0.556. The van der Waals surface area contributed by atoms with Gasteiger partial charge in [0.1, 0.15) is 0 Å². The molecule has 1 aliphatic rings. The average Bonchev–Trinajstić information content (AvgIpc) is 2.54. The molecule has 1 aliphatic heterocycles. The molecule has 126 valence electrons. The summed E-state index contributed by atoms with van der Waals surface area (Å²) >= 11 is 0. The molecule has 0 unspecified atom stereocenters. The number of rotatable bonds is 3. The van der Waals surface area contributed by atoms with Crippen LogP contribution in [0, 0.1) is 19.8 Å². The summed E-state index contributed by atoms with van der Waals surface area (Å²) in [5.41, 5.74) is 3.78. The number of hydrogen-bond donors (Lipinski definition) is 1. The molecule has 5 heteroatoms. The molecule has 23 heavy (non-hydrogen) atoms. The number of hydrogen-bond acceptors (Lipinski definition) is 3. The Morgan fingerprint density at radius 2 is 1.78 bits per heavy atom. The Morgan fingerprint density at radius 1 is 1.13 bits per heavy atom. The molecule has 1 aromatic carbocycles. The smallest absolute Gasteiger partial charge is 0.312 e. The van der Waals surface area contributed by atoms with Crippen molar-refractivity contribution >= 4 is 17.5 Å². The van der Waals surface area contributed by atoms with Crippen molar-refractivity contribution in [3.8, 4) is 0 Å². The van der Waals surface area contributed by atoms with Crippen molar-refractivity contribution in [3.63, 3.8) is 0 Å². The number of nitrogens with one attached hydrogen (secondary N) is 1. The van der Waals surface area contributed by atoms with Gasteiger partial charge in [0.2, 0.25) is 0 Å². The molecule has 1 N–H and O–H groups in total. The Bertz CT molecular complexity index is 576. The van der Waals surface area contributed by atoms with Gasteiger partial charge in [-0.25, -0.2) is 0 Å². The maximum absolute atomic E-state index is 12.2. The molecule has 0 spiro atoms. The maximum Gasteiger partial charge on any atom is 0.312 e. The van der Waals surface area contributed by atoms with Gasteiger partial charge in [-0.3, -0.25) is 9.59 Å². The standard InChI is InChI=1S/C18H27N3O2/c1-13(2)12-19-17(22)18(23)21-10-8-20(9-11-21)16-7-5-6-14(3)15(16)4/h5-7,13H,8-12H2,1-4H3,(H,19,22). The Kier molecular flexibility index (Phi) is 5.64. The van der Waals surface area contributed by atoms with E-state index in [1.165, 1.54) is 16.8 Å². The Balaban J connectivity index is 1.92. The minimum Gasteiger partial charge on any atom is -0.368 e. The molecule has 1 heterocycles. The molecule has 0 aromatic heterocycles. The summed E-state index contributed by atoms with van der Waals surface area (Å²) in [5, 5.41) is 2.69. The molecule has 1 saturated heterocycles. The summed E-state index contributed by atoms with van der Waals surface area (Å²) < 4.78 is 0. The molecule has 0 saturated carbocycles. The van der Waals surface area contributed by atoms with E-state index in [1.807, 2.05) is 13.8 Å². The first-order chi connectivity index (χ1) is 10.9. The number of carbonyl (C=O) groups is 2. The lowest BCUT2D eigenvalue weighted by molar-refractivity contribution is -0.146. The van der Waals surface area contributed by atoms with Gasteiger partial charge in [0, 0.05) is 38.4 Å². The Hall–Kier alpha value is -2.04. The summed E-state index contributed by atoms with van der Waals surface area (Å²) in [4.78, 5) is 28.0. The van der Waals surface area contributed by atoms with E-state index in [4.69, 9.17) is 0 Å². The maximum atomic E-state index is 12.2. The number of benzene rings is 1. The molecule has 5 nitrogen and oxygen atoms in total. The minimum atomic E-state index is -0.487. The third-order valence-corrected chi connectivity index (χ3v) is 4.35. The fourth-order valence-electron chi connectivity index (χ4n) is 2.74. The number of aryl methyl sites for hydroxylation is 1. The number of anilines is 1. The average molecular weight is 317 g/mol. The third-order valence-electron chi connectivity index (χ3n) is 4.35. The van der Waals surface area contributed by atoms with Crippen molar-refractivity contribution in [1.82, 2.24) is 10.2 Å². The van der Waals surface area contributed by atoms with Crippen molar-refractivity contribution in [2.45, 2.75) is 27.7 Å². The van der Waals surface area contributed by atoms with E-state index < -0.39 is 11.8 Å². The second kappa shape index (κ2) is 7.49. The monoisotopic (exact) mass is 317 g/mol. The quantitative estimate of drug-likeness (QED) is 0.864. The highest BCUT2D eigenvalue weighted by atomic mass is 16.2. The van der Waals surface area contributed by atoms with E-state index in [0.29, 0.717) is 25.6 Å². The Labute approximate surface area is 138 Å². The summed E-state index contributed by atoms with van der Waals surface area (Å²) in [6.45, 7) is 11.5. The van der Waals surface area contributed by atoms with Crippen LogP contribution in [0.25, 0.3) is 0 Å². The lowest BCUT2D eigenvalue weighted by Gasteiger charge is -2.36. The molecule has 2 rings (SSSR count). The van der Waals surface area contributed by atoms with Crippen LogP contribution in [0.5, 0.6) is 0 Å². The second-order valence-electron chi connectivity index (χ2n) is 6.60. The van der Waals surface area contributed by atoms with Gasteiger partial charge in [-0.15, -0.1) is 0 Å². The molecule has 0 radical (unpaired) electrons. The first-order valence-corrected chi connectivity index (χ1v) is 8.28. The topological polar surface area (TPSA) is 52.7 Å². The summed E-state index contributed by atoms with van der Waals surface area (Å²) in [5.74, 6) is -0.557. The van der Waals surface area contributed by atoms with Crippen LogP contribution in [0.15, 0.2) is 18.2 Å². The van der Waals surface area contributed by atoms with Gasteiger partial charge in [0.25, 0.3) is 0 Å². The Morgan fingerprint density at radius 3 is 2.39 bits per heavy atom. The highest BCUT2D eigenvalue weighted by Gasteiger charge is 2.26. The van der Waals surface area contributed by atoms with Gasteiger partial charge in [-0.2, -0.15) is 0 Å². The molecule has 1 fully saturated rings. The van der Waals surface area contributed by atoms with Crippen LogP contribution in [-0.2, 0) is 9.59 Å². The third kappa shape index (κ3) is 4.24. The minimum absolute atomic E-state index is 0.341. The van der Waals surface area contributed by atoms with Crippen molar-refractivity contribution in [2.24, 2.45) is 5.92 Å². The van der Waals surface area contributed by atoms with E-state index in [0.717, 1.165) is 13.1 Å². The number of carbonyl (C=O) groups excluding carboxylic acids is 2. The highest BCUT2D eigenvalue weighted by molar-refractivity contribution is 6.35. The van der Waals surface area contributed by atoms with E-state index in [1.54, 1.807) is 4.90 Å². The molecule has 2 amide bonds. The number of nitrogens with zero attached hydrogens (tertiary/aromatic N) is 2. The first kappa shape index (κ1) is 17.3. The van der Waals surface area contributed by atoms with Crippen molar-refractivity contribution < 1.29 is 9.59 Å². The molecule has 0 bridgehead atoms. The van der Waals surface area contributed by atoms with E-state index in [9.17, 15) is 9.59 Å². The van der Waals surface area contributed by atoms with Crippen molar-refractivity contribution in [1.29, 1.82) is 0 Å². The fourth-order valence-corrected chi connectivity index (χ4v) is 2.74. The van der Waals surface area contributed by atoms with Gasteiger partial charge < -0.3 is 15.1 Å². The lowest BCUT2D eigenvalue weighted by Crippen LogP contribution is -2.53. The molecular weight excluding hydrogens is 290 g/mol. The zero-order valence-corrected chi connectivity index (χ0v) is 14.6. The van der Waals surface area contributed by atoms with Gasteiger partial charge in [0.15, 0.2) is 0 Å². The van der Waals surface area contributed by atoms with Crippen LogP contribution >= 0.6 is 0 Å². The summed E-state index contributed by atoms with van der Waals surface area (Å²) in [6.07, 6.45) is 0. The van der Waals surface area contributed by atoms with E-state index >= 15 is 0 Å². The van der Waals surface area contributed by atoms with Crippen molar-refractivity contribution in [3.05, 3.63) is 29.3 Å². The first-order valence-electron chi connectivity index (χ1n) is 8.28. The van der Waals surface area contributed by atoms with Gasteiger partial charge in [-0.1, -0.05) is 26.0 Å². The number of amides is 2. The second-order valence-corrected chi connectivity index (χ2v) is 6.60. The van der Waals surface area contributed by atoms with E-state index in [2.05, 4.69) is 42.3 Å². The van der Waals surface area contributed by atoms with Crippen LogP contribution in [0.3, 0.4) is 0 Å². The number of piperazine rings is 1. The van der Waals surface area contributed by atoms with Crippen LogP contribution in [0.1, 0.15) is 25.0 Å². The molecular formula is C18H27N3O2. The predicted octanol–water partition coefficient (Wildman–Crippen LogP) is 1.72. The zero-order valence-electron chi connectivity index (χ0n) is 14.6. The van der Waals surface area contributed by atoms with Crippen LogP contribution in [0.2, 0.25) is 0 Å². The largest absolute Gasteiger partial charge is 0.368 e. The van der Waals surface area contributed by atoms with Crippen LogP contribution < -0.4 is 10.2 Å². The molecule has 1 aromatic rings. The van der Waals surface area contributed by atoms with Gasteiger partial charge in [0.05, 0.1) is 0 Å². The van der Waals surface area contributed by atoms with Gasteiger partial charge >= 0.3 is 11.8 Å².